The Balaban J connectivity index is 4.17. The molecule has 9 nitrogen and oxygen atoms in total. The first kappa shape index (κ1) is 16.0. The molecule has 0 radical (unpaired) electrons. The van der Waals surface area contributed by atoms with Crippen molar-refractivity contribution >= 4 is 23.9 Å². The van der Waals surface area contributed by atoms with E-state index in [9.17, 15) is 19.2 Å². The summed E-state index contributed by atoms with van der Waals surface area (Å²) in [5.41, 5.74) is 10.4. The molecule has 0 saturated heterocycles. The van der Waals surface area contributed by atoms with Gasteiger partial charge < -0.3 is 26.4 Å². The molecule has 9 heteroatoms. The number of hydrogen-bond acceptors (Lipinski definition) is 7. The number of carbonyl (C=O) groups is 4. The molecule has 0 aromatic heterocycles. The molecule has 0 aliphatic carbocycles. The van der Waals surface area contributed by atoms with Gasteiger partial charge in [-0.05, 0) is 6.42 Å². The van der Waals surface area contributed by atoms with E-state index in [1.807, 2.05) is 0 Å². The van der Waals surface area contributed by atoms with Gasteiger partial charge in [-0.3, -0.25) is 9.59 Å². The lowest BCUT2D eigenvalue weighted by Gasteiger charge is -2.11. The van der Waals surface area contributed by atoms with Crippen LogP contribution >= 0.6 is 0 Å². The molecule has 102 valence electrons. The highest BCUT2D eigenvalue weighted by molar-refractivity contribution is 5.92. The molecule has 0 spiro atoms. The van der Waals surface area contributed by atoms with Crippen LogP contribution in [0.5, 0.6) is 0 Å². The Kier molecular flexibility index (Phi) is 6.53. The Morgan fingerprint density at radius 3 is 1.89 bits per heavy atom. The number of nitrogens with two attached hydrogens (primary N) is 2. The molecular formula is C9H14N2O7. The highest BCUT2D eigenvalue weighted by Gasteiger charge is 2.24. The molecule has 0 rings (SSSR count). The topological polar surface area (TPSA) is 170 Å². The van der Waals surface area contributed by atoms with Gasteiger partial charge in [0, 0.05) is 6.42 Å². The van der Waals surface area contributed by atoms with Crippen molar-refractivity contribution in [2.45, 2.75) is 31.3 Å². The molecule has 0 aromatic rings. The number of esters is 2. The molecule has 2 atom stereocenters. The van der Waals surface area contributed by atoms with E-state index in [1.165, 1.54) is 0 Å². The van der Waals surface area contributed by atoms with E-state index < -0.39 is 42.4 Å². The zero-order valence-electron chi connectivity index (χ0n) is 9.37. The second-order valence-corrected chi connectivity index (χ2v) is 3.48. The van der Waals surface area contributed by atoms with Crippen LogP contribution < -0.4 is 11.5 Å². The monoisotopic (exact) mass is 262 g/mol. The second kappa shape index (κ2) is 7.35. The second-order valence-electron chi connectivity index (χ2n) is 3.48. The average molecular weight is 262 g/mol. The van der Waals surface area contributed by atoms with E-state index in [0.717, 1.165) is 0 Å². The van der Waals surface area contributed by atoms with Crippen molar-refractivity contribution < 1.29 is 34.1 Å². The predicted molar refractivity (Wildman–Crippen MR) is 56.2 cm³/mol. The van der Waals surface area contributed by atoms with Gasteiger partial charge >= 0.3 is 23.9 Å². The van der Waals surface area contributed by atoms with Crippen molar-refractivity contribution in [1.82, 2.24) is 0 Å². The molecule has 18 heavy (non-hydrogen) atoms. The summed E-state index contributed by atoms with van der Waals surface area (Å²) in [6, 6.07) is -2.75. The minimum absolute atomic E-state index is 0.199. The molecule has 6 N–H and O–H groups in total. The van der Waals surface area contributed by atoms with Gasteiger partial charge in [-0.25, -0.2) is 9.59 Å². The van der Waals surface area contributed by atoms with Crippen molar-refractivity contribution in [1.29, 1.82) is 0 Å². The molecule has 0 unspecified atom stereocenters. The molecule has 0 saturated carbocycles. The third kappa shape index (κ3) is 6.55. The van der Waals surface area contributed by atoms with Gasteiger partial charge in [-0.2, -0.15) is 0 Å². The Labute approximate surface area is 102 Å². The van der Waals surface area contributed by atoms with Crippen molar-refractivity contribution in [2.24, 2.45) is 11.5 Å². The molecule has 0 heterocycles. The first-order valence-electron chi connectivity index (χ1n) is 4.94. The molecular weight excluding hydrogens is 248 g/mol. The summed E-state index contributed by atoms with van der Waals surface area (Å²) in [7, 11) is 0. The number of ether oxygens (including phenoxy) is 1. The summed E-state index contributed by atoms with van der Waals surface area (Å²) in [6.07, 6.45) is -1.24. The number of rotatable bonds is 7. The smallest absolute Gasteiger partial charge is 0.331 e. The molecule has 0 fully saturated rings. The largest absolute Gasteiger partial charge is 0.481 e. The first-order valence-corrected chi connectivity index (χ1v) is 4.94. The van der Waals surface area contributed by atoms with Crippen LogP contribution in [0.25, 0.3) is 0 Å². The standard InChI is InChI=1S/C9H14N2O7/c10-4(1-2-6(12)13)8(16)18-9(17)5(11)3-7(14)15/h4-5H,1-3,10-11H2,(H,12,13)(H,14,15)/t4-,5-/m0/s1. The van der Waals surface area contributed by atoms with Gasteiger partial charge in [0.2, 0.25) is 0 Å². The predicted octanol–water partition coefficient (Wildman–Crippen LogP) is -1.95. The summed E-state index contributed by atoms with van der Waals surface area (Å²) in [5.74, 6) is -4.82. The van der Waals surface area contributed by atoms with E-state index in [-0.39, 0.29) is 12.8 Å². The highest BCUT2D eigenvalue weighted by Crippen LogP contribution is 2.00. The lowest BCUT2D eigenvalue weighted by Crippen LogP contribution is -2.40. The van der Waals surface area contributed by atoms with E-state index in [0.29, 0.717) is 0 Å². The third-order valence-electron chi connectivity index (χ3n) is 1.87. The van der Waals surface area contributed by atoms with Crippen LogP contribution in [0.1, 0.15) is 19.3 Å². The normalized spacial score (nSPS) is 13.4. The first-order chi connectivity index (χ1) is 8.23. The number of carboxylic acid groups (broad SMARTS) is 2. The lowest BCUT2D eigenvalue weighted by atomic mass is 10.1. The average Bonchev–Trinajstić information content (AvgIpc) is 2.24. The minimum Gasteiger partial charge on any atom is -0.481 e. The number of hydrogen-bond donors (Lipinski definition) is 4. The van der Waals surface area contributed by atoms with E-state index in [2.05, 4.69) is 4.74 Å². The van der Waals surface area contributed by atoms with E-state index in [4.69, 9.17) is 21.7 Å². The summed E-state index contributed by atoms with van der Waals surface area (Å²) in [6.45, 7) is 0. The van der Waals surface area contributed by atoms with Gasteiger partial charge in [-0.15, -0.1) is 0 Å². The van der Waals surface area contributed by atoms with Gasteiger partial charge in [0.05, 0.1) is 6.42 Å². The van der Waals surface area contributed by atoms with Gasteiger partial charge in [-0.1, -0.05) is 0 Å². The zero-order chi connectivity index (χ0) is 14.3. The van der Waals surface area contributed by atoms with Crippen LogP contribution in [0.2, 0.25) is 0 Å². The number of carboxylic acids is 2. The third-order valence-corrected chi connectivity index (χ3v) is 1.87. The summed E-state index contributed by atoms with van der Waals surface area (Å²) >= 11 is 0. The fourth-order valence-corrected chi connectivity index (χ4v) is 0.919. The van der Waals surface area contributed by atoms with Crippen LogP contribution in [0.4, 0.5) is 0 Å². The molecule has 0 aliphatic heterocycles. The fraction of sp³-hybridized carbons (Fsp3) is 0.556. The number of aliphatic carboxylic acids is 2. The maximum Gasteiger partial charge on any atom is 0.331 e. The quantitative estimate of drug-likeness (QED) is 0.300. The van der Waals surface area contributed by atoms with Gasteiger partial charge in [0.1, 0.15) is 12.1 Å². The molecule has 0 aliphatic rings. The molecule has 0 amide bonds. The van der Waals surface area contributed by atoms with Crippen LogP contribution in [0.3, 0.4) is 0 Å². The van der Waals surface area contributed by atoms with E-state index >= 15 is 0 Å². The van der Waals surface area contributed by atoms with Crippen LogP contribution in [-0.2, 0) is 23.9 Å². The fourth-order valence-electron chi connectivity index (χ4n) is 0.919. The van der Waals surface area contributed by atoms with E-state index in [1.54, 1.807) is 0 Å². The molecule has 0 aromatic carbocycles. The summed E-state index contributed by atoms with van der Waals surface area (Å²) < 4.78 is 4.22. The van der Waals surface area contributed by atoms with Crippen molar-refractivity contribution in [3.8, 4) is 0 Å². The van der Waals surface area contributed by atoms with Crippen LogP contribution in [0.15, 0.2) is 0 Å². The SMILES string of the molecule is N[C@@H](CCC(=O)O)C(=O)OC(=O)[C@@H](N)CC(=O)O. The summed E-state index contributed by atoms with van der Waals surface area (Å²) in [5, 5.41) is 16.7. The van der Waals surface area contributed by atoms with Gasteiger partial charge in [0.25, 0.3) is 0 Å². The molecule has 0 bridgehead atoms. The Hall–Kier alpha value is -2.00. The number of carbonyl (C=O) groups excluding carboxylic acids is 2. The Morgan fingerprint density at radius 2 is 1.44 bits per heavy atom. The maximum absolute atomic E-state index is 11.2. The zero-order valence-corrected chi connectivity index (χ0v) is 9.37. The van der Waals surface area contributed by atoms with Crippen molar-refractivity contribution in [2.75, 3.05) is 0 Å². The Morgan fingerprint density at radius 1 is 0.944 bits per heavy atom. The van der Waals surface area contributed by atoms with Crippen molar-refractivity contribution in [3.05, 3.63) is 0 Å². The summed E-state index contributed by atoms with van der Waals surface area (Å²) in [4.78, 5) is 42.8. The van der Waals surface area contributed by atoms with Crippen molar-refractivity contribution in [3.63, 3.8) is 0 Å². The Bertz CT molecular complexity index is 355. The van der Waals surface area contributed by atoms with Crippen LogP contribution in [0, 0.1) is 0 Å². The highest BCUT2D eigenvalue weighted by atomic mass is 16.6. The maximum atomic E-state index is 11.2. The minimum atomic E-state index is -1.47. The van der Waals surface area contributed by atoms with Crippen LogP contribution in [-0.4, -0.2) is 46.2 Å². The van der Waals surface area contributed by atoms with Gasteiger partial charge in [0.15, 0.2) is 0 Å². The lowest BCUT2D eigenvalue weighted by molar-refractivity contribution is -0.163.